The molecule has 0 spiro atoms. The summed E-state index contributed by atoms with van der Waals surface area (Å²) >= 11 is 3.47. The van der Waals surface area contributed by atoms with Crippen LogP contribution in [0.3, 0.4) is 0 Å². The van der Waals surface area contributed by atoms with Crippen LogP contribution in [0, 0.1) is 17.3 Å². The van der Waals surface area contributed by atoms with Crippen molar-refractivity contribution in [2.75, 3.05) is 0 Å². The molecule has 2 N–H and O–H groups in total. The second-order valence-corrected chi connectivity index (χ2v) is 7.46. The minimum Gasteiger partial charge on any atom is -0.461 e. The molecular weight excluding hydrogens is 330 g/mol. The maximum absolute atomic E-state index is 12.5. The number of carbonyl (C=O) groups is 1. The SMILES string of the molecule is CC1C(N)CCC(C(=O)OCc2ccccc2Br)C1(C)C. The van der Waals surface area contributed by atoms with Gasteiger partial charge in [0.1, 0.15) is 6.61 Å². The first-order chi connectivity index (χ1) is 9.84. The van der Waals surface area contributed by atoms with Crippen molar-refractivity contribution in [3.8, 4) is 0 Å². The summed E-state index contributed by atoms with van der Waals surface area (Å²) in [5.41, 5.74) is 7.01. The van der Waals surface area contributed by atoms with Crippen molar-refractivity contribution in [2.24, 2.45) is 23.0 Å². The molecule has 0 aliphatic heterocycles. The van der Waals surface area contributed by atoms with Gasteiger partial charge in [-0.3, -0.25) is 4.79 Å². The summed E-state index contributed by atoms with van der Waals surface area (Å²) in [7, 11) is 0. The molecule has 0 radical (unpaired) electrons. The number of ether oxygens (including phenoxy) is 1. The van der Waals surface area contributed by atoms with E-state index in [1.165, 1.54) is 0 Å². The fourth-order valence-corrected chi connectivity index (χ4v) is 3.54. The molecule has 21 heavy (non-hydrogen) atoms. The highest BCUT2D eigenvalue weighted by Crippen LogP contribution is 2.44. The predicted octanol–water partition coefficient (Wildman–Crippen LogP) is 3.89. The molecular formula is C17H24BrNO2. The van der Waals surface area contributed by atoms with Gasteiger partial charge >= 0.3 is 5.97 Å². The summed E-state index contributed by atoms with van der Waals surface area (Å²) in [6.07, 6.45) is 1.70. The number of hydrogen-bond donors (Lipinski definition) is 1. The van der Waals surface area contributed by atoms with Crippen molar-refractivity contribution in [1.82, 2.24) is 0 Å². The largest absolute Gasteiger partial charge is 0.461 e. The van der Waals surface area contributed by atoms with Crippen molar-refractivity contribution in [2.45, 2.75) is 46.3 Å². The van der Waals surface area contributed by atoms with Crippen LogP contribution in [0.4, 0.5) is 0 Å². The zero-order valence-electron chi connectivity index (χ0n) is 12.9. The molecule has 1 aliphatic carbocycles. The van der Waals surface area contributed by atoms with E-state index in [1.807, 2.05) is 24.3 Å². The quantitative estimate of drug-likeness (QED) is 0.838. The van der Waals surface area contributed by atoms with E-state index in [0.717, 1.165) is 22.9 Å². The van der Waals surface area contributed by atoms with Crippen LogP contribution in [0.25, 0.3) is 0 Å². The highest BCUT2D eigenvalue weighted by Gasteiger charge is 2.45. The lowest BCUT2D eigenvalue weighted by molar-refractivity contribution is -0.158. The van der Waals surface area contributed by atoms with E-state index in [9.17, 15) is 4.79 Å². The van der Waals surface area contributed by atoms with Gasteiger partial charge < -0.3 is 10.5 Å². The Morgan fingerprint density at radius 1 is 1.38 bits per heavy atom. The first-order valence-corrected chi connectivity index (χ1v) is 8.29. The molecule has 1 saturated carbocycles. The van der Waals surface area contributed by atoms with E-state index in [2.05, 4.69) is 36.7 Å². The lowest BCUT2D eigenvalue weighted by Crippen LogP contribution is -2.49. The van der Waals surface area contributed by atoms with Gasteiger partial charge in [-0.2, -0.15) is 0 Å². The highest BCUT2D eigenvalue weighted by molar-refractivity contribution is 9.10. The second kappa shape index (κ2) is 6.49. The van der Waals surface area contributed by atoms with Crippen molar-refractivity contribution in [3.05, 3.63) is 34.3 Å². The Kier molecular flexibility index (Phi) is 5.10. The molecule has 1 fully saturated rings. The van der Waals surface area contributed by atoms with Crippen molar-refractivity contribution < 1.29 is 9.53 Å². The molecule has 2 rings (SSSR count). The molecule has 3 atom stereocenters. The first-order valence-electron chi connectivity index (χ1n) is 7.49. The van der Waals surface area contributed by atoms with Crippen LogP contribution in [-0.4, -0.2) is 12.0 Å². The Morgan fingerprint density at radius 2 is 2.05 bits per heavy atom. The van der Waals surface area contributed by atoms with E-state index in [0.29, 0.717) is 12.5 Å². The topological polar surface area (TPSA) is 52.3 Å². The Labute approximate surface area is 135 Å². The third kappa shape index (κ3) is 3.49. The maximum atomic E-state index is 12.5. The summed E-state index contributed by atoms with van der Waals surface area (Å²) < 4.78 is 6.53. The molecule has 1 aliphatic rings. The average Bonchev–Trinajstić information content (AvgIpc) is 2.44. The third-order valence-corrected chi connectivity index (χ3v) is 5.89. The molecule has 116 valence electrons. The Morgan fingerprint density at radius 3 is 2.71 bits per heavy atom. The van der Waals surface area contributed by atoms with E-state index in [4.69, 9.17) is 10.5 Å². The summed E-state index contributed by atoms with van der Waals surface area (Å²) in [6, 6.07) is 7.98. The number of rotatable bonds is 3. The minimum atomic E-state index is -0.122. The standard InChI is InChI=1S/C17H24BrNO2/c1-11-15(19)9-8-13(17(11,2)3)16(20)21-10-12-6-4-5-7-14(12)18/h4-7,11,13,15H,8-10,19H2,1-3H3. The molecule has 0 saturated heterocycles. The van der Waals surface area contributed by atoms with Gasteiger partial charge in [-0.15, -0.1) is 0 Å². The number of benzene rings is 1. The van der Waals surface area contributed by atoms with E-state index in [-0.39, 0.29) is 23.3 Å². The molecule has 0 heterocycles. The number of hydrogen-bond acceptors (Lipinski definition) is 3. The number of nitrogens with two attached hydrogens (primary N) is 1. The highest BCUT2D eigenvalue weighted by atomic mass is 79.9. The Hall–Kier alpha value is -0.870. The van der Waals surface area contributed by atoms with Gasteiger partial charge in [-0.05, 0) is 30.2 Å². The van der Waals surface area contributed by atoms with Crippen LogP contribution < -0.4 is 5.73 Å². The zero-order valence-corrected chi connectivity index (χ0v) is 14.5. The number of esters is 1. The normalized spacial score (nSPS) is 28.1. The van der Waals surface area contributed by atoms with Crippen molar-refractivity contribution >= 4 is 21.9 Å². The van der Waals surface area contributed by atoms with Gasteiger partial charge in [0, 0.05) is 16.1 Å². The van der Waals surface area contributed by atoms with Gasteiger partial charge in [-0.1, -0.05) is 54.9 Å². The van der Waals surface area contributed by atoms with Crippen LogP contribution in [0.1, 0.15) is 39.2 Å². The number of carbonyl (C=O) groups excluding carboxylic acids is 1. The van der Waals surface area contributed by atoms with Gasteiger partial charge in [0.15, 0.2) is 0 Å². The zero-order chi connectivity index (χ0) is 15.6. The summed E-state index contributed by atoms with van der Waals surface area (Å²) in [5, 5.41) is 0. The Balaban J connectivity index is 2.02. The molecule has 0 bridgehead atoms. The monoisotopic (exact) mass is 353 g/mol. The van der Waals surface area contributed by atoms with Crippen molar-refractivity contribution in [3.63, 3.8) is 0 Å². The van der Waals surface area contributed by atoms with Crippen LogP contribution in [-0.2, 0) is 16.1 Å². The first kappa shape index (κ1) is 16.5. The van der Waals surface area contributed by atoms with Gasteiger partial charge in [0.2, 0.25) is 0 Å². The van der Waals surface area contributed by atoms with E-state index in [1.54, 1.807) is 0 Å². The van der Waals surface area contributed by atoms with Crippen LogP contribution in [0.2, 0.25) is 0 Å². The molecule has 1 aromatic carbocycles. The van der Waals surface area contributed by atoms with Crippen LogP contribution in [0.15, 0.2) is 28.7 Å². The molecule has 3 nitrogen and oxygen atoms in total. The second-order valence-electron chi connectivity index (χ2n) is 6.60. The van der Waals surface area contributed by atoms with Gasteiger partial charge in [0.25, 0.3) is 0 Å². The summed E-state index contributed by atoms with van der Waals surface area (Å²) in [6.45, 7) is 6.70. The molecule has 3 unspecified atom stereocenters. The molecule has 0 amide bonds. The van der Waals surface area contributed by atoms with E-state index < -0.39 is 0 Å². The molecule has 4 heteroatoms. The fraction of sp³-hybridized carbons (Fsp3) is 0.588. The summed E-state index contributed by atoms with van der Waals surface area (Å²) in [5.74, 6) is 0.136. The average molecular weight is 354 g/mol. The third-order valence-electron chi connectivity index (χ3n) is 5.11. The minimum absolute atomic E-state index is 0.0743. The van der Waals surface area contributed by atoms with Crippen molar-refractivity contribution in [1.29, 1.82) is 0 Å². The fourth-order valence-electron chi connectivity index (χ4n) is 3.14. The Bertz CT molecular complexity index is 515. The van der Waals surface area contributed by atoms with Crippen LogP contribution in [0.5, 0.6) is 0 Å². The smallest absolute Gasteiger partial charge is 0.309 e. The van der Waals surface area contributed by atoms with E-state index >= 15 is 0 Å². The number of halogens is 1. The van der Waals surface area contributed by atoms with Gasteiger partial charge in [-0.25, -0.2) is 0 Å². The predicted molar refractivity (Wildman–Crippen MR) is 87.6 cm³/mol. The lowest BCUT2D eigenvalue weighted by Gasteiger charge is -2.45. The molecule has 1 aromatic rings. The van der Waals surface area contributed by atoms with Gasteiger partial charge in [0.05, 0.1) is 5.92 Å². The molecule has 0 aromatic heterocycles. The summed E-state index contributed by atoms with van der Waals surface area (Å²) in [4.78, 5) is 12.5. The maximum Gasteiger partial charge on any atom is 0.309 e. The van der Waals surface area contributed by atoms with Crippen LogP contribution >= 0.6 is 15.9 Å². The lowest BCUT2D eigenvalue weighted by atomic mass is 9.61.